The van der Waals surface area contributed by atoms with Gasteiger partial charge in [-0.3, -0.25) is 0 Å². The quantitative estimate of drug-likeness (QED) is 0.376. The molecule has 0 spiro atoms. The van der Waals surface area contributed by atoms with E-state index in [-0.39, 0.29) is 12.2 Å². The summed E-state index contributed by atoms with van der Waals surface area (Å²) in [6, 6.07) is 20.2. The highest BCUT2D eigenvalue weighted by atomic mass is 16.5. The van der Waals surface area contributed by atoms with Crippen LogP contribution in [-0.4, -0.2) is 30.4 Å². The van der Waals surface area contributed by atoms with E-state index in [1.54, 1.807) is 48.5 Å². The summed E-state index contributed by atoms with van der Waals surface area (Å²) in [5.74, 6) is 0.133. The molecule has 3 N–H and O–H groups in total. The summed E-state index contributed by atoms with van der Waals surface area (Å²) < 4.78 is 11.0. The van der Waals surface area contributed by atoms with Crippen LogP contribution in [0, 0.1) is 0 Å². The number of amides is 2. The van der Waals surface area contributed by atoms with Crippen molar-refractivity contribution in [1.29, 1.82) is 0 Å². The Labute approximate surface area is 179 Å². The summed E-state index contributed by atoms with van der Waals surface area (Å²) in [5.41, 5.74) is 4.64. The number of carboxylic acids is 1. The fraction of sp³-hybridized carbons (Fsp3) is 0.0870. The minimum Gasteiger partial charge on any atom is -0.495 e. The second-order valence-electron chi connectivity index (χ2n) is 6.35. The SMILES string of the molecule is COc1ccccc1NC(=O)N/N=C/c1ccccc1OCc1ccc(C(=O)O)cc1. The number of carboxylic acid groups (broad SMARTS) is 1. The molecule has 0 bridgehead atoms. The lowest BCUT2D eigenvalue weighted by Crippen LogP contribution is -2.24. The van der Waals surface area contributed by atoms with Crippen molar-refractivity contribution in [2.24, 2.45) is 5.10 Å². The molecule has 8 nitrogen and oxygen atoms in total. The van der Waals surface area contributed by atoms with E-state index in [0.717, 1.165) is 5.56 Å². The molecule has 3 aromatic rings. The highest BCUT2D eigenvalue weighted by Crippen LogP contribution is 2.22. The number of rotatable bonds is 8. The van der Waals surface area contributed by atoms with Gasteiger partial charge in [0, 0.05) is 5.56 Å². The molecule has 0 aromatic heterocycles. The average Bonchev–Trinajstić information content (AvgIpc) is 2.79. The van der Waals surface area contributed by atoms with Gasteiger partial charge in [0.1, 0.15) is 18.1 Å². The van der Waals surface area contributed by atoms with Crippen LogP contribution in [0.5, 0.6) is 11.5 Å². The summed E-state index contributed by atoms with van der Waals surface area (Å²) in [6.45, 7) is 0.256. The zero-order chi connectivity index (χ0) is 22.1. The normalized spacial score (nSPS) is 10.5. The Morgan fingerprint density at radius 2 is 1.65 bits per heavy atom. The standard InChI is InChI=1S/C23H21N3O5/c1-30-21-9-5-3-7-19(21)25-23(29)26-24-14-18-6-2-4-8-20(18)31-15-16-10-12-17(13-11-16)22(27)28/h2-14H,15H2,1H3,(H,27,28)(H2,25,26,29)/b24-14+. The number of hydrazone groups is 1. The second-order valence-corrected chi connectivity index (χ2v) is 6.35. The van der Waals surface area contributed by atoms with Gasteiger partial charge in [-0.1, -0.05) is 36.4 Å². The van der Waals surface area contributed by atoms with E-state index in [4.69, 9.17) is 14.6 Å². The molecule has 0 unspecified atom stereocenters. The predicted octanol–water partition coefficient (Wildman–Crippen LogP) is 4.13. The van der Waals surface area contributed by atoms with Gasteiger partial charge in [0.15, 0.2) is 0 Å². The first-order valence-corrected chi connectivity index (χ1v) is 9.34. The second kappa shape index (κ2) is 10.4. The van der Waals surface area contributed by atoms with Crippen LogP contribution in [0.1, 0.15) is 21.5 Å². The van der Waals surface area contributed by atoms with Crippen LogP contribution >= 0.6 is 0 Å². The molecule has 0 aliphatic carbocycles. The number of nitrogens with one attached hydrogen (secondary N) is 2. The number of urea groups is 1. The van der Waals surface area contributed by atoms with Crippen molar-refractivity contribution in [2.75, 3.05) is 12.4 Å². The fourth-order valence-electron chi connectivity index (χ4n) is 2.68. The lowest BCUT2D eigenvalue weighted by molar-refractivity contribution is 0.0696. The molecule has 0 radical (unpaired) electrons. The third kappa shape index (κ3) is 6.07. The van der Waals surface area contributed by atoms with E-state index in [1.807, 2.05) is 12.1 Å². The van der Waals surface area contributed by atoms with Gasteiger partial charge >= 0.3 is 12.0 Å². The number of methoxy groups -OCH3 is 1. The molecule has 158 valence electrons. The molecule has 8 heteroatoms. The van der Waals surface area contributed by atoms with Crippen molar-refractivity contribution >= 4 is 23.9 Å². The summed E-state index contributed by atoms with van der Waals surface area (Å²) in [6.07, 6.45) is 1.48. The van der Waals surface area contributed by atoms with E-state index in [9.17, 15) is 9.59 Å². The number of ether oxygens (including phenoxy) is 2. The van der Waals surface area contributed by atoms with Crippen molar-refractivity contribution in [3.63, 3.8) is 0 Å². The monoisotopic (exact) mass is 419 g/mol. The summed E-state index contributed by atoms with van der Waals surface area (Å²) in [5, 5.41) is 15.6. The number of benzene rings is 3. The van der Waals surface area contributed by atoms with Gasteiger partial charge in [-0.2, -0.15) is 5.10 Å². The van der Waals surface area contributed by atoms with Crippen molar-refractivity contribution < 1.29 is 24.2 Å². The minimum absolute atomic E-state index is 0.216. The lowest BCUT2D eigenvalue weighted by atomic mass is 10.1. The summed E-state index contributed by atoms with van der Waals surface area (Å²) in [7, 11) is 1.52. The first-order valence-electron chi connectivity index (χ1n) is 9.34. The number of hydrogen-bond donors (Lipinski definition) is 3. The van der Waals surface area contributed by atoms with Gasteiger partial charge in [0.05, 0.1) is 24.6 Å². The smallest absolute Gasteiger partial charge is 0.339 e. The maximum absolute atomic E-state index is 12.1. The van der Waals surface area contributed by atoms with Crippen LogP contribution < -0.4 is 20.2 Å². The van der Waals surface area contributed by atoms with Crippen molar-refractivity contribution in [3.05, 3.63) is 89.5 Å². The highest BCUT2D eigenvalue weighted by Gasteiger charge is 2.06. The van der Waals surface area contributed by atoms with Gasteiger partial charge in [-0.05, 0) is 42.0 Å². The van der Waals surface area contributed by atoms with E-state index in [0.29, 0.717) is 22.7 Å². The van der Waals surface area contributed by atoms with Gasteiger partial charge < -0.3 is 19.9 Å². The number of carbonyl (C=O) groups is 2. The van der Waals surface area contributed by atoms with Gasteiger partial charge in [0.2, 0.25) is 0 Å². The van der Waals surface area contributed by atoms with Crippen LogP contribution in [0.3, 0.4) is 0 Å². The molecule has 0 saturated heterocycles. The van der Waals surface area contributed by atoms with Crippen LogP contribution in [0.15, 0.2) is 77.9 Å². The lowest BCUT2D eigenvalue weighted by Gasteiger charge is -2.10. The van der Waals surface area contributed by atoms with Gasteiger partial charge in [0.25, 0.3) is 0 Å². The maximum atomic E-state index is 12.1. The minimum atomic E-state index is -0.976. The van der Waals surface area contributed by atoms with Crippen molar-refractivity contribution in [2.45, 2.75) is 6.61 Å². The molecule has 2 amide bonds. The van der Waals surface area contributed by atoms with E-state index in [1.165, 1.54) is 25.5 Å². The third-order valence-electron chi connectivity index (χ3n) is 4.24. The Bertz CT molecular complexity index is 1080. The topological polar surface area (TPSA) is 109 Å². The number of anilines is 1. The number of nitrogens with zero attached hydrogens (tertiary/aromatic N) is 1. The van der Waals surface area contributed by atoms with Crippen molar-refractivity contribution in [1.82, 2.24) is 5.43 Å². The predicted molar refractivity (Wildman–Crippen MR) is 117 cm³/mol. The van der Waals surface area contributed by atoms with Crippen LogP contribution in [-0.2, 0) is 6.61 Å². The molecular formula is C23H21N3O5. The molecule has 3 rings (SSSR count). The van der Waals surface area contributed by atoms with E-state index >= 15 is 0 Å². The molecule has 0 aliphatic rings. The largest absolute Gasteiger partial charge is 0.495 e. The molecule has 31 heavy (non-hydrogen) atoms. The van der Waals surface area contributed by atoms with Crippen LogP contribution in [0.4, 0.5) is 10.5 Å². The Balaban J connectivity index is 1.58. The zero-order valence-electron chi connectivity index (χ0n) is 16.7. The molecule has 0 fully saturated rings. The summed E-state index contributed by atoms with van der Waals surface area (Å²) in [4.78, 5) is 23.0. The molecule has 3 aromatic carbocycles. The van der Waals surface area contributed by atoms with Gasteiger partial charge in [-0.25, -0.2) is 15.0 Å². The first kappa shape index (κ1) is 21.4. The van der Waals surface area contributed by atoms with Gasteiger partial charge in [-0.15, -0.1) is 0 Å². The third-order valence-corrected chi connectivity index (χ3v) is 4.24. The first-order chi connectivity index (χ1) is 15.1. The molecule has 0 atom stereocenters. The van der Waals surface area contributed by atoms with Crippen LogP contribution in [0.2, 0.25) is 0 Å². The molecule has 0 aliphatic heterocycles. The number of carbonyl (C=O) groups excluding carboxylic acids is 1. The number of para-hydroxylation sites is 3. The zero-order valence-corrected chi connectivity index (χ0v) is 16.7. The Morgan fingerprint density at radius 1 is 0.968 bits per heavy atom. The Hall–Kier alpha value is -4.33. The fourth-order valence-corrected chi connectivity index (χ4v) is 2.68. The maximum Gasteiger partial charge on any atom is 0.339 e. The Kier molecular flexibility index (Phi) is 7.21. The number of aromatic carboxylic acids is 1. The van der Waals surface area contributed by atoms with E-state index in [2.05, 4.69) is 15.8 Å². The van der Waals surface area contributed by atoms with E-state index < -0.39 is 12.0 Å². The molecule has 0 saturated carbocycles. The summed E-state index contributed by atoms with van der Waals surface area (Å²) >= 11 is 0. The molecule has 0 heterocycles. The van der Waals surface area contributed by atoms with Crippen LogP contribution in [0.25, 0.3) is 0 Å². The molecular weight excluding hydrogens is 398 g/mol. The average molecular weight is 419 g/mol. The van der Waals surface area contributed by atoms with Crippen molar-refractivity contribution in [3.8, 4) is 11.5 Å². The Morgan fingerprint density at radius 3 is 2.35 bits per heavy atom. The highest BCUT2D eigenvalue weighted by molar-refractivity contribution is 5.92. The number of hydrogen-bond acceptors (Lipinski definition) is 5.